The van der Waals surface area contributed by atoms with Crippen molar-refractivity contribution in [3.8, 4) is 5.75 Å². The van der Waals surface area contributed by atoms with Crippen LogP contribution >= 0.6 is 0 Å². The maximum atomic E-state index is 5.71. The Kier molecular flexibility index (Phi) is 5.06. The molecule has 100 valence electrons. The minimum Gasteiger partial charge on any atom is -0.494 e. The first kappa shape index (κ1) is 13.4. The molecule has 0 aromatic heterocycles. The average molecular weight is 247 g/mol. The molecule has 1 saturated carbocycles. The molecule has 0 heterocycles. The van der Waals surface area contributed by atoms with Crippen LogP contribution < -0.4 is 10.1 Å². The molecule has 1 aliphatic carbocycles. The second kappa shape index (κ2) is 6.79. The van der Waals surface area contributed by atoms with Crippen LogP contribution in [0.25, 0.3) is 0 Å². The van der Waals surface area contributed by atoms with Crippen molar-refractivity contribution in [1.29, 1.82) is 0 Å². The third-order valence-corrected chi connectivity index (χ3v) is 3.59. The fourth-order valence-corrected chi connectivity index (χ4v) is 1.99. The summed E-state index contributed by atoms with van der Waals surface area (Å²) >= 11 is 0. The molecule has 0 saturated heterocycles. The number of rotatable bonds is 7. The van der Waals surface area contributed by atoms with Gasteiger partial charge in [0.1, 0.15) is 5.75 Å². The van der Waals surface area contributed by atoms with E-state index in [0.717, 1.165) is 31.4 Å². The standard InChI is InChI=1S/C16H25NO/c1-13(2)10-11-18-16-8-6-14(7-9-16)12-17-15-4-3-5-15/h6-9,13,15,17H,3-5,10-12H2,1-2H3. The van der Waals surface area contributed by atoms with E-state index in [1.54, 1.807) is 0 Å². The summed E-state index contributed by atoms with van der Waals surface area (Å²) in [6.45, 7) is 6.24. The molecule has 18 heavy (non-hydrogen) atoms. The van der Waals surface area contributed by atoms with Crippen LogP contribution in [0.4, 0.5) is 0 Å². The maximum Gasteiger partial charge on any atom is 0.119 e. The average Bonchev–Trinajstić information content (AvgIpc) is 2.28. The van der Waals surface area contributed by atoms with Crippen molar-refractivity contribution in [3.05, 3.63) is 29.8 Å². The lowest BCUT2D eigenvalue weighted by Crippen LogP contribution is -2.34. The summed E-state index contributed by atoms with van der Waals surface area (Å²) in [4.78, 5) is 0. The second-order valence-electron chi connectivity index (χ2n) is 5.68. The van der Waals surface area contributed by atoms with Gasteiger partial charge in [-0.3, -0.25) is 0 Å². The van der Waals surface area contributed by atoms with Gasteiger partial charge in [0.25, 0.3) is 0 Å². The number of nitrogens with one attached hydrogen (secondary N) is 1. The molecule has 0 spiro atoms. The van der Waals surface area contributed by atoms with E-state index in [9.17, 15) is 0 Å². The van der Waals surface area contributed by atoms with Crippen LogP contribution in [0.3, 0.4) is 0 Å². The number of hydrogen-bond acceptors (Lipinski definition) is 2. The quantitative estimate of drug-likeness (QED) is 0.792. The predicted molar refractivity (Wildman–Crippen MR) is 75.9 cm³/mol. The summed E-state index contributed by atoms with van der Waals surface area (Å²) in [5.74, 6) is 1.69. The lowest BCUT2D eigenvalue weighted by atomic mass is 9.93. The van der Waals surface area contributed by atoms with Crippen molar-refractivity contribution in [2.75, 3.05) is 6.61 Å². The van der Waals surface area contributed by atoms with Crippen molar-refractivity contribution in [2.24, 2.45) is 5.92 Å². The number of hydrogen-bond donors (Lipinski definition) is 1. The third kappa shape index (κ3) is 4.34. The van der Waals surface area contributed by atoms with Crippen LogP contribution in [0.15, 0.2) is 24.3 Å². The monoisotopic (exact) mass is 247 g/mol. The summed E-state index contributed by atoms with van der Waals surface area (Å²) < 4.78 is 5.71. The molecule has 1 fully saturated rings. The van der Waals surface area contributed by atoms with E-state index >= 15 is 0 Å². The Morgan fingerprint density at radius 1 is 1.22 bits per heavy atom. The van der Waals surface area contributed by atoms with Crippen LogP contribution in [-0.2, 0) is 6.54 Å². The zero-order chi connectivity index (χ0) is 12.8. The highest BCUT2D eigenvalue weighted by Gasteiger charge is 2.15. The van der Waals surface area contributed by atoms with Gasteiger partial charge in [-0.15, -0.1) is 0 Å². The zero-order valence-corrected chi connectivity index (χ0v) is 11.6. The number of ether oxygens (including phenoxy) is 1. The van der Waals surface area contributed by atoms with Crippen LogP contribution in [0.5, 0.6) is 5.75 Å². The van der Waals surface area contributed by atoms with Crippen molar-refractivity contribution in [1.82, 2.24) is 5.32 Å². The molecule has 0 atom stereocenters. The first-order chi connectivity index (χ1) is 8.74. The van der Waals surface area contributed by atoms with Gasteiger partial charge in [0.2, 0.25) is 0 Å². The van der Waals surface area contributed by atoms with E-state index in [1.165, 1.54) is 24.8 Å². The molecule has 0 unspecified atom stereocenters. The van der Waals surface area contributed by atoms with Gasteiger partial charge in [-0.2, -0.15) is 0 Å². The first-order valence-corrected chi connectivity index (χ1v) is 7.19. The molecular weight excluding hydrogens is 222 g/mol. The van der Waals surface area contributed by atoms with E-state index in [2.05, 4.69) is 43.4 Å². The van der Waals surface area contributed by atoms with Crippen molar-refractivity contribution in [3.63, 3.8) is 0 Å². The highest BCUT2D eigenvalue weighted by atomic mass is 16.5. The molecule has 1 N–H and O–H groups in total. The van der Waals surface area contributed by atoms with Gasteiger partial charge in [0.15, 0.2) is 0 Å². The Balaban J connectivity index is 1.70. The summed E-state index contributed by atoms with van der Waals surface area (Å²) in [5.41, 5.74) is 1.35. The number of benzene rings is 1. The summed E-state index contributed by atoms with van der Waals surface area (Å²) in [5, 5.41) is 3.57. The maximum absolute atomic E-state index is 5.71. The first-order valence-electron chi connectivity index (χ1n) is 7.19. The highest BCUT2D eigenvalue weighted by molar-refractivity contribution is 5.27. The van der Waals surface area contributed by atoms with Crippen molar-refractivity contribution >= 4 is 0 Å². The second-order valence-corrected chi connectivity index (χ2v) is 5.68. The van der Waals surface area contributed by atoms with Crippen LogP contribution in [0, 0.1) is 5.92 Å². The third-order valence-electron chi connectivity index (χ3n) is 3.59. The molecule has 0 amide bonds. The topological polar surface area (TPSA) is 21.3 Å². The van der Waals surface area contributed by atoms with Gasteiger partial charge in [-0.25, -0.2) is 0 Å². The van der Waals surface area contributed by atoms with E-state index in [-0.39, 0.29) is 0 Å². The Hall–Kier alpha value is -1.02. The summed E-state index contributed by atoms with van der Waals surface area (Å²) in [6.07, 6.45) is 5.19. The van der Waals surface area contributed by atoms with Crippen molar-refractivity contribution < 1.29 is 4.74 Å². The fourth-order valence-electron chi connectivity index (χ4n) is 1.99. The molecule has 0 aliphatic heterocycles. The largest absolute Gasteiger partial charge is 0.494 e. The summed E-state index contributed by atoms with van der Waals surface area (Å²) in [6, 6.07) is 9.25. The Morgan fingerprint density at radius 2 is 1.94 bits per heavy atom. The minimum absolute atomic E-state index is 0.705. The molecule has 1 aromatic carbocycles. The molecule has 0 radical (unpaired) electrons. The molecule has 2 rings (SSSR count). The Labute approximate surface area is 111 Å². The van der Waals surface area contributed by atoms with Crippen LogP contribution in [0.1, 0.15) is 45.1 Å². The molecule has 2 nitrogen and oxygen atoms in total. The molecule has 1 aromatic rings. The van der Waals surface area contributed by atoms with Gasteiger partial charge < -0.3 is 10.1 Å². The molecule has 1 aliphatic rings. The van der Waals surface area contributed by atoms with Crippen LogP contribution in [-0.4, -0.2) is 12.6 Å². The fraction of sp³-hybridized carbons (Fsp3) is 0.625. The van der Waals surface area contributed by atoms with E-state index in [0.29, 0.717) is 5.92 Å². The molecule has 0 bridgehead atoms. The van der Waals surface area contributed by atoms with E-state index < -0.39 is 0 Å². The Bertz CT molecular complexity index is 341. The highest BCUT2D eigenvalue weighted by Crippen LogP contribution is 2.19. The van der Waals surface area contributed by atoms with E-state index in [1.807, 2.05) is 0 Å². The molecule has 2 heteroatoms. The van der Waals surface area contributed by atoms with Crippen molar-refractivity contribution in [2.45, 2.75) is 52.1 Å². The van der Waals surface area contributed by atoms with Gasteiger partial charge in [0.05, 0.1) is 6.61 Å². The summed E-state index contributed by atoms with van der Waals surface area (Å²) in [7, 11) is 0. The minimum atomic E-state index is 0.705. The van der Waals surface area contributed by atoms with Gasteiger partial charge in [-0.1, -0.05) is 32.4 Å². The van der Waals surface area contributed by atoms with Gasteiger partial charge >= 0.3 is 0 Å². The smallest absolute Gasteiger partial charge is 0.119 e. The SMILES string of the molecule is CC(C)CCOc1ccc(CNC2CCC2)cc1. The molecular formula is C16H25NO. The van der Waals surface area contributed by atoms with Crippen LogP contribution in [0.2, 0.25) is 0 Å². The predicted octanol–water partition coefficient (Wildman–Crippen LogP) is 3.75. The van der Waals surface area contributed by atoms with Gasteiger partial charge in [-0.05, 0) is 42.9 Å². The lowest BCUT2D eigenvalue weighted by molar-refractivity contribution is 0.289. The lowest BCUT2D eigenvalue weighted by Gasteiger charge is -2.26. The van der Waals surface area contributed by atoms with Gasteiger partial charge in [0, 0.05) is 12.6 Å². The normalized spacial score (nSPS) is 15.7. The Morgan fingerprint density at radius 3 is 2.50 bits per heavy atom. The van der Waals surface area contributed by atoms with E-state index in [4.69, 9.17) is 4.74 Å². The zero-order valence-electron chi connectivity index (χ0n) is 11.6.